The van der Waals surface area contributed by atoms with Gasteiger partial charge in [0.15, 0.2) is 0 Å². The molecule has 184 valence electrons. The largest absolute Gasteiger partial charge is 0.494 e. The summed E-state index contributed by atoms with van der Waals surface area (Å²) in [6.45, 7) is 13.8. The number of hydrogen-bond acceptors (Lipinski definition) is 7. The fourth-order valence-corrected chi connectivity index (χ4v) is 4.29. The minimum absolute atomic E-state index is 0.138. The monoisotopic (exact) mass is 468 g/mol. The Hall–Kier alpha value is -2.39. The average molecular weight is 468 g/mol. The van der Waals surface area contributed by atoms with Crippen LogP contribution in [0.1, 0.15) is 74.1 Å². The van der Waals surface area contributed by atoms with E-state index in [1.165, 1.54) is 0 Å². The van der Waals surface area contributed by atoms with E-state index >= 15 is 0 Å². The van der Waals surface area contributed by atoms with E-state index in [2.05, 4.69) is 43.3 Å². The Morgan fingerprint density at radius 1 is 1.06 bits per heavy atom. The number of ether oxygens (including phenoxy) is 1. The molecule has 0 unspecified atom stereocenters. The molecule has 34 heavy (non-hydrogen) atoms. The summed E-state index contributed by atoms with van der Waals surface area (Å²) in [5.41, 5.74) is 0.599. The van der Waals surface area contributed by atoms with Crippen LogP contribution in [0.3, 0.4) is 0 Å². The lowest BCUT2D eigenvalue weighted by Gasteiger charge is -2.32. The van der Waals surface area contributed by atoms with Crippen molar-refractivity contribution in [2.75, 3.05) is 5.32 Å². The number of alkyl carbamates (subject to hydrolysis) is 1. The van der Waals surface area contributed by atoms with Gasteiger partial charge in [-0.25, -0.2) is 14.8 Å². The van der Waals surface area contributed by atoms with E-state index in [4.69, 9.17) is 19.0 Å². The molecule has 2 heterocycles. The molecule has 1 amide bonds. The molecule has 1 saturated heterocycles. The Morgan fingerprint density at radius 2 is 1.68 bits per heavy atom. The third-order valence-corrected chi connectivity index (χ3v) is 6.91. The van der Waals surface area contributed by atoms with Crippen LogP contribution in [-0.2, 0) is 14.0 Å². The minimum Gasteiger partial charge on any atom is -0.444 e. The highest BCUT2D eigenvalue weighted by molar-refractivity contribution is 6.62. The van der Waals surface area contributed by atoms with Crippen LogP contribution in [-0.4, -0.2) is 52.1 Å². The number of aromatic nitrogens is 2. The molecule has 0 bridgehead atoms. The second kappa shape index (κ2) is 9.00. The first-order valence-corrected chi connectivity index (χ1v) is 12.2. The van der Waals surface area contributed by atoms with E-state index in [0.717, 1.165) is 42.0 Å². The Kier molecular flexibility index (Phi) is 6.55. The lowest BCUT2D eigenvalue weighted by molar-refractivity contribution is 0.00578. The van der Waals surface area contributed by atoms with Gasteiger partial charge < -0.3 is 24.7 Å². The molecule has 2 aromatic rings. The third-order valence-electron chi connectivity index (χ3n) is 6.91. The van der Waals surface area contributed by atoms with Crippen LogP contribution < -0.4 is 16.1 Å². The standard InChI is InChI=1S/C25H37BN4O4/c1-23(2,3)32-22(31)29-19-11-9-18(10-12-19)28-21-27-15-16-14-17(8-13-20(16)30-21)26-33-24(4,5)25(6,7)34-26/h8,13-15,18-19H,9-12H2,1-7H3,(H,29,31)(H,27,28,30)/t18-,19-. The van der Waals surface area contributed by atoms with Crippen LogP contribution in [0.4, 0.5) is 10.7 Å². The first-order valence-electron chi connectivity index (χ1n) is 12.2. The summed E-state index contributed by atoms with van der Waals surface area (Å²) < 4.78 is 17.7. The lowest BCUT2D eigenvalue weighted by Crippen LogP contribution is -2.42. The van der Waals surface area contributed by atoms with Crippen molar-refractivity contribution in [3.05, 3.63) is 24.4 Å². The molecule has 0 atom stereocenters. The quantitative estimate of drug-likeness (QED) is 0.651. The Balaban J connectivity index is 1.34. The maximum absolute atomic E-state index is 12.0. The van der Waals surface area contributed by atoms with Crippen molar-refractivity contribution in [2.45, 2.75) is 103 Å². The van der Waals surface area contributed by atoms with E-state index in [9.17, 15) is 4.79 Å². The van der Waals surface area contributed by atoms with E-state index in [1.807, 2.05) is 45.2 Å². The van der Waals surface area contributed by atoms with E-state index in [0.29, 0.717) is 5.95 Å². The topological polar surface area (TPSA) is 94.6 Å². The highest BCUT2D eigenvalue weighted by Crippen LogP contribution is 2.36. The fraction of sp³-hybridized carbons (Fsp3) is 0.640. The highest BCUT2D eigenvalue weighted by atomic mass is 16.7. The second-order valence-electron chi connectivity index (χ2n) is 11.4. The van der Waals surface area contributed by atoms with Crippen molar-refractivity contribution in [3.63, 3.8) is 0 Å². The first-order chi connectivity index (χ1) is 15.8. The zero-order chi connectivity index (χ0) is 24.7. The number of fused-ring (bicyclic) bond motifs is 1. The maximum atomic E-state index is 12.0. The third kappa shape index (κ3) is 5.63. The van der Waals surface area contributed by atoms with Gasteiger partial charge in [-0.15, -0.1) is 0 Å². The zero-order valence-corrected chi connectivity index (χ0v) is 21.4. The van der Waals surface area contributed by atoms with Crippen molar-refractivity contribution in [1.29, 1.82) is 0 Å². The second-order valence-corrected chi connectivity index (χ2v) is 11.4. The molecule has 2 fully saturated rings. The van der Waals surface area contributed by atoms with Crippen LogP contribution in [0.2, 0.25) is 0 Å². The molecule has 1 aromatic carbocycles. The SMILES string of the molecule is CC(C)(C)OC(=O)N[C@H]1CC[C@H](Nc2ncc3cc(B4OC(C)(C)C(C)(C)O4)ccc3n2)CC1. The van der Waals surface area contributed by atoms with Crippen LogP contribution in [0.15, 0.2) is 24.4 Å². The summed E-state index contributed by atoms with van der Waals surface area (Å²) in [7, 11) is -0.406. The summed E-state index contributed by atoms with van der Waals surface area (Å²) in [6, 6.07) is 6.45. The zero-order valence-electron chi connectivity index (χ0n) is 21.4. The van der Waals surface area contributed by atoms with Gasteiger partial charge in [-0.05, 0) is 85.7 Å². The van der Waals surface area contributed by atoms with Crippen molar-refractivity contribution in [1.82, 2.24) is 15.3 Å². The highest BCUT2D eigenvalue weighted by Gasteiger charge is 2.51. The van der Waals surface area contributed by atoms with Crippen molar-refractivity contribution >= 4 is 35.5 Å². The van der Waals surface area contributed by atoms with Crippen LogP contribution in [0, 0.1) is 0 Å². The van der Waals surface area contributed by atoms with E-state index in [-0.39, 0.29) is 29.4 Å². The number of nitrogens with zero attached hydrogens (tertiary/aromatic N) is 2. The molecule has 9 heteroatoms. The fourth-order valence-electron chi connectivity index (χ4n) is 4.29. The van der Waals surface area contributed by atoms with Gasteiger partial charge in [-0.1, -0.05) is 12.1 Å². The molecule has 0 radical (unpaired) electrons. The van der Waals surface area contributed by atoms with Gasteiger partial charge in [0, 0.05) is 23.7 Å². The average Bonchev–Trinajstić information content (AvgIpc) is 2.95. The predicted octanol–water partition coefficient (Wildman–Crippen LogP) is 4.18. The summed E-state index contributed by atoms with van der Waals surface area (Å²) >= 11 is 0. The molecule has 2 aliphatic rings. The molecule has 1 aliphatic heterocycles. The molecule has 8 nitrogen and oxygen atoms in total. The molecular weight excluding hydrogens is 431 g/mol. The molecule has 2 N–H and O–H groups in total. The number of nitrogens with one attached hydrogen (secondary N) is 2. The Bertz CT molecular complexity index is 1030. The van der Waals surface area contributed by atoms with Gasteiger partial charge in [-0.2, -0.15) is 0 Å². The molecule has 0 spiro atoms. The van der Waals surface area contributed by atoms with Gasteiger partial charge in [0.25, 0.3) is 0 Å². The molecule has 1 aromatic heterocycles. The smallest absolute Gasteiger partial charge is 0.444 e. The van der Waals surface area contributed by atoms with Gasteiger partial charge in [0.2, 0.25) is 5.95 Å². The molecule has 4 rings (SSSR count). The van der Waals surface area contributed by atoms with Crippen molar-refractivity contribution < 1.29 is 18.8 Å². The number of hydrogen-bond donors (Lipinski definition) is 2. The minimum atomic E-state index is -0.485. The molecule has 1 aliphatic carbocycles. The van der Waals surface area contributed by atoms with Crippen LogP contribution >= 0.6 is 0 Å². The molecule has 1 saturated carbocycles. The summed E-state index contributed by atoms with van der Waals surface area (Å²) in [6.07, 6.45) is 5.14. The van der Waals surface area contributed by atoms with Gasteiger partial charge in [-0.3, -0.25) is 0 Å². The van der Waals surface area contributed by atoms with Crippen molar-refractivity contribution in [2.24, 2.45) is 0 Å². The number of benzene rings is 1. The van der Waals surface area contributed by atoms with E-state index < -0.39 is 12.7 Å². The summed E-state index contributed by atoms with van der Waals surface area (Å²) in [5, 5.41) is 7.39. The Morgan fingerprint density at radius 3 is 2.29 bits per heavy atom. The lowest BCUT2D eigenvalue weighted by atomic mass is 9.78. The first kappa shape index (κ1) is 24.7. The predicted molar refractivity (Wildman–Crippen MR) is 134 cm³/mol. The van der Waals surface area contributed by atoms with Gasteiger partial charge in [0.05, 0.1) is 16.7 Å². The van der Waals surface area contributed by atoms with Crippen molar-refractivity contribution in [3.8, 4) is 0 Å². The van der Waals surface area contributed by atoms with Gasteiger partial charge >= 0.3 is 13.2 Å². The van der Waals surface area contributed by atoms with E-state index in [1.54, 1.807) is 0 Å². The van der Waals surface area contributed by atoms with Crippen LogP contribution in [0.25, 0.3) is 10.9 Å². The normalized spacial score (nSPS) is 24.1. The number of carbonyl (C=O) groups excluding carboxylic acids is 1. The number of amides is 1. The summed E-state index contributed by atoms with van der Waals surface area (Å²) in [4.78, 5) is 21.3. The van der Waals surface area contributed by atoms with Crippen LogP contribution in [0.5, 0.6) is 0 Å². The molecular formula is C25H37BN4O4. The number of anilines is 1. The number of carbonyl (C=O) groups is 1. The Labute approximate surface area is 202 Å². The number of rotatable bonds is 4. The maximum Gasteiger partial charge on any atom is 0.494 e. The van der Waals surface area contributed by atoms with Gasteiger partial charge in [0.1, 0.15) is 5.60 Å². The summed E-state index contributed by atoms with van der Waals surface area (Å²) in [5.74, 6) is 0.624.